The molecule has 0 spiro atoms. The monoisotopic (exact) mass is 499 g/mol. The largest absolute Gasteiger partial charge is 0.805 e. The standard InChI is InChI=1S/C28H24N2O5P/c1-32-25-11-3-7-21(15-25)17-27(23-9-5-13-29-19-23)34-36(31)35-28(24-10-6-14-30-20-24)18-22-8-4-12-26(16-22)33-2/h3-20H,1-2H3/q+1/b27-17+,28-18+. The number of nitrogens with zero attached hydrogens (tertiary/aromatic N) is 2. The van der Waals surface area contributed by atoms with Crippen molar-refractivity contribution in [2.75, 3.05) is 14.2 Å². The number of rotatable bonds is 10. The van der Waals surface area contributed by atoms with Crippen LogP contribution >= 0.6 is 8.25 Å². The van der Waals surface area contributed by atoms with Crippen molar-refractivity contribution in [2.45, 2.75) is 0 Å². The third kappa shape index (κ3) is 6.78. The van der Waals surface area contributed by atoms with E-state index in [1.54, 1.807) is 63.3 Å². The summed E-state index contributed by atoms with van der Waals surface area (Å²) in [6, 6.07) is 22.1. The summed E-state index contributed by atoms with van der Waals surface area (Å²) in [5.74, 6) is 2.05. The fourth-order valence-corrected chi connectivity index (χ4v) is 3.96. The Labute approximate surface area is 210 Å². The van der Waals surface area contributed by atoms with Crippen molar-refractivity contribution in [3.05, 3.63) is 120 Å². The summed E-state index contributed by atoms with van der Waals surface area (Å²) in [6.07, 6.45) is 10.1. The van der Waals surface area contributed by atoms with E-state index in [4.69, 9.17) is 18.5 Å². The normalized spacial score (nSPS) is 11.5. The summed E-state index contributed by atoms with van der Waals surface area (Å²) >= 11 is 0. The van der Waals surface area contributed by atoms with Crippen molar-refractivity contribution in [3.8, 4) is 11.5 Å². The number of benzene rings is 2. The Bertz CT molecular complexity index is 1270. The van der Waals surface area contributed by atoms with Gasteiger partial charge in [-0.25, -0.2) is 9.05 Å². The third-order valence-corrected chi connectivity index (χ3v) is 5.71. The minimum atomic E-state index is -2.63. The quantitative estimate of drug-likeness (QED) is 0.174. The van der Waals surface area contributed by atoms with Gasteiger partial charge in [0.2, 0.25) is 0 Å². The maximum absolute atomic E-state index is 13.2. The molecular formula is C28H24N2O5P+. The highest BCUT2D eigenvalue weighted by atomic mass is 31.1. The number of aromatic nitrogens is 2. The van der Waals surface area contributed by atoms with Crippen molar-refractivity contribution in [1.29, 1.82) is 0 Å². The second-order valence-electron chi connectivity index (χ2n) is 7.46. The minimum absolute atomic E-state index is 0.337. The SMILES string of the molecule is COc1cccc(/C=C(/O[P+](=O)O/C(=C/c2cccc(OC)c2)c2cccnc2)c2cccnc2)c1. The highest BCUT2D eigenvalue weighted by molar-refractivity contribution is 7.34. The second-order valence-corrected chi connectivity index (χ2v) is 8.27. The van der Waals surface area contributed by atoms with Gasteiger partial charge in [0.25, 0.3) is 0 Å². The molecule has 0 atom stereocenters. The van der Waals surface area contributed by atoms with E-state index in [0.717, 1.165) is 11.1 Å². The molecule has 0 saturated carbocycles. The van der Waals surface area contributed by atoms with Gasteiger partial charge in [0.15, 0.2) is 11.5 Å². The van der Waals surface area contributed by atoms with Crippen LogP contribution in [-0.4, -0.2) is 24.2 Å². The van der Waals surface area contributed by atoms with Crippen molar-refractivity contribution in [3.63, 3.8) is 0 Å². The van der Waals surface area contributed by atoms with Gasteiger partial charge in [-0.3, -0.25) is 9.97 Å². The molecule has 0 N–H and O–H groups in total. The first-order chi connectivity index (χ1) is 17.6. The average molecular weight is 499 g/mol. The van der Waals surface area contributed by atoms with Gasteiger partial charge in [-0.05, 0) is 71.8 Å². The Balaban J connectivity index is 1.65. The fourth-order valence-electron chi connectivity index (χ4n) is 3.29. The Morgan fingerprint density at radius 2 is 1.17 bits per heavy atom. The molecule has 0 aliphatic rings. The second kappa shape index (κ2) is 12.3. The smallest absolute Gasteiger partial charge is 0.497 e. The van der Waals surface area contributed by atoms with Crippen molar-refractivity contribution < 1.29 is 23.1 Å². The highest BCUT2D eigenvalue weighted by Crippen LogP contribution is 2.39. The molecule has 0 aliphatic heterocycles. The van der Waals surface area contributed by atoms with E-state index in [1.807, 2.05) is 60.7 Å². The lowest BCUT2D eigenvalue weighted by atomic mass is 10.1. The lowest BCUT2D eigenvalue weighted by Crippen LogP contribution is -1.92. The molecule has 7 nitrogen and oxygen atoms in total. The van der Waals surface area contributed by atoms with Gasteiger partial charge in [0.1, 0.15) is 11.5 Å². The van der Waals surface area contributed by atoms with Crippen LogP contribution in [0.3, 0.4) is 0 Å². The number of ether oxygens (including phenoxy) is 2. The van der Waals surface area contributed by atoms with Crippen LogP contribution < -0.4 is 9.47 Å². The van der Waals surface area contributed by atoms with E-state index < -0.39 is 8.25 Å². The molecule has 0 amide bonds. The van der Waals surface area contributed by atoms with Crippen LogP contribution in [0.4, 0.5) is 0 Å². The van der Waals surface area contributed by atoms with Crippen LogP contribution in [0, 0.1) is 0 Å². The van der Waals surface area contributed by atoms with Gasteiger partial charge in [0.05, 0.1) is 14.2 Å². The van der Waals surface area contributed by atoms with Gasteiger partial charge >= 0.3 is 8.25 Å². The fraction of sp³-hybridized carbons (Fsp3) is 0.0714. The summed E-state index contributed by atoms with van der Waals surface area (Å²) < 4.78 is 35.5. The summed E-state index contributed by atoms with van der Waals surface area (Å²) in [6.45, 7) is 0. The van der Waals surface area contributed by atoms with Crippen molar-refractivity contribution in [2.24, 2.45) is 0 Å². The first kappa shape index (κ1) is 24.6. The van der Waals surface area contributed by atoms with Crippen LogP contribution in [0.1, 0.15) is 22.3 Å². The van der Waals surface area contributed by atoms with Crippen LogP contribution in [-0.2, 0) is 13.6 Å². The van der Waals surface area contributed by atoms with Gasteiger partial charge in [-0.15, -0.1) is 0 Å². The van der Waals surface area contributed by atoms with E-state index >= 15 is 0 Å². The Morgan fingerprint density at radius 1 is 0.694 bits per heavy atom. The minimum Gasteiger partial charge on any atom is -0.497 e. The molecule has 0 fully saturated rings. The zero-order chi connectivity index (χ0) is 25.2. The summed E-state index contributed by atoms with van der Waals surface area (Å²) in [5, 5.41) is 0. The highest BCUT2D eigenvalue weighted by Gasteiger charge is 2.29. The van der Waals surface area contributed by atoms with Crippen molar-refractivity contribution >= 4 is 31.9 Å². The molecule has 36 heavy (non-hydrogen) atoms. The average Bonchev–Trinajstić information content (AvgIpc) is 2.93. The molecule has 8 heteroatoms. The van der Waals surface area contributed by atoms with Gasteiger partial charge in [0, 0.05) is 40.5 Å². The molecule has 0 unspecified atom stereocenters. The number of pyridine rings is 2. The van der Waals surface area contributed by atoms with E-state index in [1.165, 1.54) is 0 Å². The van der Waals surface area contributed by atoms with Gasteiger partial charge in [-0.2, -0.15) is 0 Å². The molecule has 0 aliphatic carbocycles. The molecule has 2 heterocycles. The molecule has 2 aromatic heterocycles. The Kier molecular flexibility index (Phi) is 8.41. The topological polar surface area (TPSA) is 79.8 Å². The van der Waals surface area contributed by atoms with E-state index in [9.17, 15) is 4.57 Å². The van der Waals surface area contributed by atoms with Crippen LogP contribution in [0.2, 0.25) is 0 Å². The number of hydrogen-bond acceptors (Lipinski definition) is 7. The zero-order valence-electron chi connectivity index (χ0n) is 19.8. The molecule has 0 saturated heterocycles. The summed E-state index contributed by atoms with van der Waals surface area (Å²) in [5.41, 5.74) is 2.89. The molecule has 180 valence electrons. The Hall–Kier alpha value is -4.48. The third-order valence-electron chi connectivity index (χ3n) is 5.02. The van der Waals surface area contributed by atoms with Crippen LogP contribution in [0.15, 0.2) is 97.6 Å². The molecule has 4 rings (SSSR count). The number of methoxy groups -OCH3 is 2. The van der Waals surface area contributed by atoms with Gasteiger partial charge < -0.3 is 9.47 Å². The maximum atomic E-state index is 13.2. The zero-order valence-corrected chi connectivity index (χ0v) is 20.7. The molecule has 4 aromatic rings. The van der Waals surface area contributed by atoms with Crippen molar-refractivity contribution in [1.82, 2.24) is 9.97 Å². The molecule has 2 aromatic carbocycles. The lowest BCUT2D eigenvalue weighted by Gasteiger charge is -2.05. The Morgan fingerprint density at radius 3 is 1.56 bits per heavy atom. The molecular weight excluding hydrogens is 475 g/mol. The van der Waals surface area contributed by atoms with Crippen LogP contribution in [0.5, 0.6) is 11.5 Å². The van der Waals surface area contributed by atoms with E-state index in [0.29, 0.717) is 34.1 Å². The first-order valence-corrected chi connectivity index (χ1v) is 12.1. The predicted octanol–water partition coefficient (Wildman–Crippen LogP) is 6.88. The molecule has 0 bridgehead atoms. The maximum Gasteiger partial charge on any atom is 0.805 e. The van der Waals surface area contributed by atoms with E-state index in [-0.39, 0.29) is 0 Å². The first-order valence-electron chi connectivity index (χ1n) is 11.0. The number of hydrogen-bond donors (Lipinski definition) is 0. The van der Waals surface area contributed by atoms with E-state index in [2.05, 4.69) is 9.97 Å². The summed E-state index contributed by atoms with van der Waals surface area (Å²) in [7, 11) is 0.570. The predicted molar refractivity (Wildman–Crippen MR) is 140 cm³/mol. The van der Waals surface area contributed by atoms with Crippen LogP contribution in [0.25, 0.3) is 23.7 Å². The lowest BCUT2D eigenvalue weighted by molar-refractivity contribution is 0.384. The summed E-state index contributed by atoms with van der Waals surface area (Å²) in [4.78, 5) is 8.31. The van der Waals surface area contributed by atoms with Gasteiger partial charge in [-0.1, -0.05) is 24.3 Å². The molecule has 0 radical (unpaired) electrons.